The number of benzene rings is 1. The van der Waals surface area contributed by atoms with Gasteiger partial charge in [-0.2, -0.15) is 0 Å². The largest absolute Gasteiger partial charge is 0.303 e. The molecule has 0 aliphatic heterocycles. The van der Waals surface area contributed by atoms with E-state index >= 15 is 0 Å². The Kier molecular flexibility index (Phi) is 3.95. The normalized spacial score (nSPS) is 12.6. The maximum Gasteiger partial charge on any atom is 0.127 e. The average molecular weight is 386 g/mol. The Morgan fingerprint density at radius 1 is 1.42 bits per heavy atom. The summed E-state index contributed by atoms with van der Waals surface area (Å²) >= 11 is 4.51. The van der Waals surface area contributed by atoms with Gasteiger partial charge in [-0.25, -0.2) is 0 Å². The Morgan fingerprint density at radius 2 is 2.08 bits per heavy atom. The van der Waals surface area contributed by atoms with Crippen LogP contribution in [0.25, 0.3) is 0 Å². The molecule has 1 atom stereocenters. The fraction of sp³-hybridized carbons (Fsp3) is 0.222. The van der Waals surface area contributed by atoms with Gasteiger partial charge in [0, 0.05) is 13.1 Å². The van der Waals surface area contributed by atoms with E-state index in [-0.39, 0.29) is 5.92 Å². The van der Waals surface area contributed by atoms with Crippen LogP contribution in [0.3, 0.4) is 0 Å². The van der Waals surface area contributed by atoms with E-state index in [1.807, 2.05) is 19.1 Å². The summed E-state index contributed by atoms with van der Waals surface area (Å²) in [6.45, 7) is 1.92. The molecule has 1 aromatic rings. The van der Waals surface area contributed by atoms with Crippen molar-refractivity contribution in [3.05, 3.63) is 30.9 Å². The summed E-state index contributed by atoms with van der Waals surface area (Å²) in [5.41, 5.74) is 1.12. The number of aldehydes is 1. The monoisotopic (exact) mass is 386 g/mol. The van der Waals surface area contributed by atoms with Crippen LogP contribution in [0.2, 0.25) is 0 Å². The summed E-state index contributed by atoms with van der Waals surface area (Å²) < 4.78 is 2.34. The molecule has 0 N–H and O–H groups in total. The Bertz CT molecular complexity index is 297. The number of carbonyl (C=O) groups excluding carboxylic acids is 1. The van der Waals surface area contributed by atoms with Crippen molar-refractivity contribution in [3.63, 3.8) is 0 Å². The van der Waals surface area contributed by atoms with E-state index < -0.39 is 0 Å². The van der Waals surface area contributed by atoms with Crippen molar-refractivity contribution in [2.45, 2.75) is 12.8 Å². The Balaban J connectivity index is 3.12. The first-order valence-corrected chi connectivity index (χ1v) is 5.71. The van der Waals surface area contributed by atoms with Crippen molar-refractivity contribution in [1.29, 1.82) is 0 Å². The molecule has 0 bridgehead atoms. The Labute approximate surface area is 99.2 Å². The standard InChI is InChI=1S/C9H8I2O/c1-6(5-12)8-4-7(10)2-3-9(8)11/h2-6H,1H3. The molecule has 0 fully saturated rings. The van der Waals surface area contributed by atoms with E-state index in [0.717, 1.165) is 15.4 Å². The number of hydrogen-bond acceptors (Lipinski definition) is 1. The summed E-state index contributed by atoms with van der Waals surface area (Å²) in [5, 5.41) is 0. The minimum atomic E-state index is 0.00613. The van der Waals surface area contributed by atoms with Crippen molar-refractivity contribution in [1.82, 2.24) is 0 Å². The maximum atomic E-state index is 10.6. The van der Waals surface area contributed by atoms with Gasteiger partial charge in [-0.1, -0.05) is 6.92 Å². The quantitative estimate of drug-likeness (QED) is 0.564. The molecule has 1 unspecified atom stereocenters. The van der Waals surface area contributed by atoms with Crippen LogP contribution in [0.1, 0.15) is 18.4 Å². The Morgan fingerprint density at radius 3 is 2.67 bits per heavy atom. The van der Waals surface area contributed by atoms with E-state index in [0.29, 0.717) is 0 Å². The highest BCUT2D eigenvalue weighted by atomic mass is 127. The lowest BCUT2D eigenvalue weighted by atomic mass is 10.0. The zero-order valence-electron chi connectivity index (χ0n) is 6.55. The molecule has 0 radical (unpaired) electrons. The molecule has 0 amide bonds. The summed E-state index contributed by atoms with van der Waals surface area (Å²) in [5.74, 6) is 0.00613. The van der Waals surface area contributed by atoms with E-state index in [1.54, 1.807) is 0 Å². The van der Waals surface area contributed by atoms with Gasteiger partial charge in [0.2, 0.25) is 0 Å². The molecule has 1 nitrogen and oxygen atoms in total. The average Bonchev–Trinajstić information content (AvgIpc) is 2.08. The van der Waals surface area contributed by atoms with Gasteiger partial charge >= 0.3 is 0 Å². The molecular formula is C9H8I2O. The van der Waals surface area contributed by atoms with Crippen LogP contribution in [0.5, 0.6) is 0 Å². The van der Waals surface area contributed by atoms with Gasteiger partial charge < -0.3 is 4.79 Å². The number of halogens is 2. The molecule has 1 rings (SSSR count). The minimum Gasteiger partial charge on any atom is -0.303 e. The van der Waals surface area contributed by atoms with E-state index in [9.17, 15) is 4.79 Å². The highest BCUT2D eigenvalue weighted by molar-refractivity contribution is 14.1. The van der Waals surface area contributed by atoms with Crippen molar-refractivity contribution < 1.29 is 4.79 Å². The van der Waals surface area contributed by atoms with Gasteiger partial charge in [0.25, 0.3) is 0 Å². The predicted molar refractivity (Wildman–Crippen MR) is 66.4 cm³/mol. The van der Waals surface area contributed by atoms with Crippen LogP contribution < -0.4 is 0 Å². The number of rotatable bonds is 2. The first-order chi connectivity index (χ1) is 5.65. The SMILES string of the molecule is CC(C=O)c1cc(I)ccc1I. The lowest BCUT2D eigenvalue weighted by Gasteiger charge is -2.06. The number of carbonyl (C=O) groups is 1. The molecule has 0 saturated heterocycles. The van der Waals surface area contributed by atoms with Crippen LogP contribution in [-0.2, 0) is 4.79 Å². The first-order valence-electron chi connectivity index (χ1n) is 3.55. The van der Waals surface area contributed by atoms with E-state index in [2.05, 4.69) is 51.2 Å². The maximum absolute atomic E-state index is 10.6. The molecule has 0 spiro atoms. The summed E-state index contributed by atoms with van der Waals surface area (Å²) in [7, 11) is 0. The molecular weight excluding hydrogens is 378 g/mol. The molecule has 0 saturated carbocycles. The topological polar surface area (TPSA) is 17.1 Å². The molecule has 12 heavy (non-hydrogen) atoms. The molecule has 0 aliphatic rings. The first kappa shape index (κ1) is 10.4. The molecule has 1 aromatic carbocycles. The van der Waals surface area contributed by atoms with Crippen molar-refractivity contribution in [2.24, 2.45) is 0 Å². The third-order valence-corrected chi connectivity index (χ3v) is 3.31. The molecule has 0 aliphatic carbocycles. The van der Waals surface area contributed by atoms with Crippen molar-refractivity contribution in [2.75, 3.05) is 0 Å². The van der Waals surface area contributed by atoms with Crippen LogP contribution in [0.4, 0.5) is 0 Å². The zero-order chi connectivity index (χ0) is 9.14. The molecule has 0 heterocycles. The van der Waals surface area contributed by atoms with Gasteiger partial charge in [-0.3, -0.25) is 0 Å². The fourth-order valence-electron chi connectivity index (χ4n) is 0.937. The second kappa shape index (κ2) is 4.55. The number of hydrogen-bond donors (Lipinski definition) is 0. The lowest BCUT2D eigenvalue weighted by molar-refractivity contribution is -0.108. The van der Waals surface area contributed by atoms with E-state index in [1.165, 1.54) is 3.57 Å². The predicted octanol–water partition coefficient (Wildman–Crippen LogP) is 3.20. The van der Waals surface area contributed by atoms with Gasteiger partial charge in [0.15, 0.2) is 0 Å². The fourth-order valence-corrected chi connectivity index (χ4v) is 2.28. The third kappa shape index (κ3) is 2.42. The van der Waals surface area contributed by atoms with Crippen LogP contribution in [0.15, 0.2) is 18.2 Å². The van der Waals surface area contributed by atoms with Crippen LogP contribution in [0, 0.1) is 7.14 Å². The summed E-state index contributed by atoms with van der Waals surface area (Å²) in [6, 6.07) is 6.14. The zero-order valence-corrected chi connectivity index (χ0v) is 10.9. The van der Waals surface area contributed by atoms with Crippen molar-refractivity contribution in [3.8, 4) is 0 Å². The van der Waals surface area contributed by atoms with E-state index in [4.69, 9.17) is 0 Å². The van der Waals surface area contributed by atoms with Gasteiger partial charge in [-0.15, -0.1) is 0 Å². The second-order valence-corrected chi connectivity index (χ2v) is 5.00. The third-order valence-electron chi connectivity index (χ3n) is 1.65. The summed E-state index contributed by atoms with van der Waals surface area (Å²) in [6.07, 6.45) is 0.980. The lowest BCUT2D eigenvalue weighted by Crippen LogP contribution is -1.97. The highest BCUT2D eigenvalue weighted by Crippen LogP contribution is 2.22. The molecule has 64 valence electrons. The highest BCUT2D eigenvalue weighted by Gasteiger charge is 2.07. The summed E-state index contributed by atoms with van der Waals surface area (Å²) in [4.78, 5) is 10.6. The van der Waals surface area contributed by atoms with Gasteiger partial charge in [-0.05, 0) is 68.9 Å². The second-order valence-electron chi connectivity index (χ2n) is 2.59. The minimum absolute atomic E-state index is 0.00613. The van der Waals surface area contributed by atoms with Crippen LogP contribution in [-0.4, -0.2) is 6.29 Å². The Hall–Kier alpha value is 0.350. The van der Waals surface area contributed by atoms with Crippen LogP contribution >= 0.6 is 45.2 Å². The van der Waals surface area contributed by atoms with Gasteiger partial charge in [0.1, 0.15) is 6.29 Å². The molecule has 3 heteroatoms. The smallest absolute Gasteiger partial charge is 0.127 e. The van der Waals surface area contributed by atoms with Crippen molar-refractivity contribution >= 4 is 51.5 Å². The molecule has 0 aromatic heterocycles. The van der Waals surface area contributed by atoms with Gasteiger partial charge in [0.05, 0.1) is 0 Å².